The van der Waals surface area contributed by atoms with Crippen LogP contribution >= 0.6 is 22.6 Å². The van der Waals surface area contributed by atoms with Gasteiger partial charge in [0.1, 0.15) is 3.70 Å². The third-order valence-corrected chi connectivity index (χ3v) is 2.94. The van der Waals surface area contributed by atoms with Crippen LogP contribution in [0.5, 0.6) is 0 Å². The van der Waals surface area contributed by atoms with Gasteiger partial charge in [0.2, 0.25) is 0 Å². The molecule has 0 aromatic carbocycles. The zero-order valence-electron chi connectivity index (χ0n) is 8.03. The van der Waals surface area contributed by atoms with Gasteiger partial charge in [0.05, 0.1) is 19.5 Å². The van der Waals surface area contributed by atoms with E-state index in [4.69, 9.17) is 4.74 Å². The first-order valence-corrected chi connectivity index (χ1v) is 5.90. The molecule has 2 rings (SSSR count). The summed E-state index contributed by atoms with van der Waals surface area (Å²) in [4.78, 5) is 6.61. The maximum Gasteiger partial charge on any atom is 0.119 e. The SMILES string of the molecule is Ic1cn(CCN2CCOCC2)cn1. The number of imidazole rings is 1. The van der Waals surface area contributed by atoms with E-state index < -0.39 is 0 Å². The number of aromatic nitrogens is 2. The fourth-order valence-electron chi connectivity index (χ4n) is 1.54. The second-order valence-corrected chi connectivity index (χ2v) is 4.49. The molecule has 0 N–H and O–H groups in total. The maximum atomic E-state index is 5.29. The Hall–Kier alpha value is -0.140. The second kappa shape index (κ2) is 5.09. The van der Waals surface area contributed by atoms with E-state index in [2.05, 4.69) is 43.2 Å². The first-order chi connectivity index (χ1) is 6.84. The van der Waals surface area contributed by atoms with Crippen LogP contribution in [0.2, 0.25) is 0 Å². The predicted molar refractivity (Wildman–Crippen MR) is 62.2 cm³/mol. The topological polar surface area (TPSA) is 30.3 Å². The molecule has 0 spiro atoms. The quantitative estimate of drug-likeness (QED) is 0.775. The molecular formula is C9H14IN3O. The van der Waals surface area contributed by atoms with Crippen molar-refractivity contribution < 1.29 is 4.74 Å². The second-order valence-electron chi connectivity index (χ2n) is 3.39. The summed E-state index contributed by atoms with van der Waals surface area (Å²) in [7, 11) is 0. The third kappa shape index (κ3) is 2.93. The summed E-state index contributed by atoms with van der Waals surface area (Å²) in [6, 6.07) is 0. The van der Waals surface area contributed by atoms with Crippen LogP contribution < -0.4 is 0 Å². The van der Waals surface area contributed by atoms with E-state index >= 15 is 0 Å². The third-order valence-electron chi connectivity index (χ3n) is 2.38. The fourth-order valence-corrected chi connectivity index (χ4v) is 2.02. The Bertz CT molecular complexity index is 283. The van der Waals surface area contributed by atoms with Crippen LogP contribution in [0, 0.1) is 3.70 Å². The zero-order valence-corrected chi connectivity index (χ0v) is 10.2. The Kier molecular flexibility index (Phi) is 3.77. The molecule has 0 saturated carbocycles. The van der Waals surface area contributed by atoms with Crippen molar-refractivity contribution in [1.82, 2.24) is 14.5 Å². The largest absolute Gasteiger partial charge is 0.379 e. The highest BCUT2D eigenvalue weighted by atomic mass is 127. The molecule has 1 aromatic rings. The van der Waals surface area contributed by atoms with Crippen LogP contribution in [0.25, 0.3) is 0 Å². The standard InChI is InChI=1S/C9H14IN3O/c10-9-7-13(8-11-9)2-1-12-3-5-14-6-4-12/h7-8H,1-6H2. The summed E-state index contributed by atoms with van der Waals surface area (Å²) in [6.45, 7) is 5.99. The molecule has 1 fully saturated rings. The van der Waals surface area contributed by atoms with Crippen LogP contribution in [0.15, 0.2) is 12.5 Å². The minimum Gasteiger partial charge on any atom is -0.379 e. The number of hydrogen-bond donors (Lipinski definition) is 0. The van der Waals surface area contributed by atoms with E-state index in [0.29, 0.717) is 0 Å². The van der Waals surface area contributed by atoms with Gasteiger partial charge in [-0.1, -0.05) is 0 Å². The van der Waals surface area contributed by atoms with E-state index in [1.165, 1.54) is 0 Å². The van der Waals surface area contributed by atoms with Gasteiger partial charge in [-0.25, -0.2) is 4.98 Å². The van der Waals surface area contributed by atoms with Gasteiger partial charge in [0, 0.05) is 32.4 Å². The van der Waals surface area contributed by atoms with Gasteiger partial charge in [-0.05, 0) is 22.6 Å². The molecule has 14 heavy (non-hydrogen) atoms. The number of rotatable bonds is 3. The number of hydrogen-bond acceptors (Lipinski definition) is 3. The summed E-state index contributed by atoms with van der Waals surface area (Å²) in [5.74, 6) is 0. The highest BCUT2D eigenvalue weighted by Gasteiger charge is 2.09. The Morgan fingerprint density at radius 3 is 2.79 bits per heavy atom. The molecule has 1 aliphatic rings. The molecule has 2 heterocycles. The van der Waals surface area contributed by atoms with Crippen molar-refractivity contribution in [3.05, 3.63) is 16.2 Å². The van der Waals surface area contributed by atoms with Gasteiger partial charge in [-0.2, -0.15) is 0 Å². The lowest BCUT2D eigenvalue weighted by Crippen LogP contribution is -2.38. The molecular weight excluding hydrogens is 293 g/mol. The van der Waals surface area contributed by atoms with Crippen molar-refractivity contribution in [2.75, 3.05) is 32.8 Å². The minimum absolute atomic E-state index is 0.876. The lowest BCUT2D eigenvalue weighted by molar-refractivity contribution is 0.0364. The Balaban J connectivity index is 1.76. The summed E-state index contributed by atoms with van der Waals surface area (Å²) in [5.41, 5.74) is 0. The molecule has 0 aliphatic carbocycles. The van der Waals surface area contributed by atoms with Gasteiger partial charge in [-0.3, -0.25) is 4.90 Å². The smallest absolute Gasteiger partial charge is 0.119 e. The molecule has 0 radical (unpaired) electrons. The number of nitrogens with zero attached hydrogens (tertiary/aromatic N) is 3. The Morgan fingerprint density at radius 2 is 2.14 bits per heavy atom. The normalized spacial score (nSPS) is 18.6. The monoisotopic (exact) mass is 307 g/mol. The van der Waals surface area contributed by atoms with Crippen molar-refractivity contribution in [1.29, 1.82) is 0 Å². The maximum absolute atomic E-state index is 5.29. The summed E-state index contributed by atoms with van der Waals surface area (Å²) >= 11 is 2.23. The Labute approximate surface area is 97.4 Å². The zero-order chi connectivity index (χ0) is 9.80. The Morgan fingerprint density at radius 1 is 1.36 bits per heavy atom. The van der Waals surface area contributed by atoms with Crippen molar-refractivity contribution in [3.8, 4) is 0 Å². The van der Waals surface area contributed by atoms with Gasteiger partial charge in [0.15, 0.2) is 0 Å². The van der Waals surface area contributed by atoms with Crippen LogP contribution in [0.3, 0.4) is 0 Å². The van der Waals surface area contributed by atoms with Crippen LogP contribution in [-0.2, 0) is 11.3 Å². The van der Waals surface area contributed by atoms with E-state index in [9.17, 15) is 0 Å². The first-order valence-electron chi connectivity index (χ1n) is 4.82. The molecule has 78 valence electrons. The molecule has 5 heteroatoms. The average molecular weight is 307 g/mol. The van der Waals surface area contributed by atoms with Crippen molar-refractivity contribution in [2.24, 2.45) is 0 Å². The van der Waals surface area contributed by atoms with E-state index in [1.807, 2.05) is 6.33 Å². The van der Waals surface area contributed by atoms with E-state index in [1.54, 1.807) is 0 Å². The molecule has 0 bridgehead atoms. The first kappa shape index (κ1) is 10.4. The lowest BCUT2D eigenvalue weighted by Gasteiger charge is -2.26. The minimum atomic E-state index is 0.876. The van der Waals surface area contributed by atoms with Crippen molar-refractivity contribution in [3.63, 3.8) is 0 Å². The summed E-state index contributed by atoms with van der Waals surface area (Å²) < 4.78 is 8.49. The highest BCUT2D eigenvalue weighted by Crippen LogP contribution is 2.01. The molecule has 0 atom stereocenters. The van der Waals surface area contributed by atoms with Crippen LogP contribution in [-0.4, -0.2) is 47.3 Å². The van der Waals surface area contributed by atoms with E-state index in [0.717, 1.165) is 43.1 Å². The number of ether oxygens (including phenoxy) is 1. The highest BCUT2D eigenvalue weighted by molar-refractivity contribution is 14.1. The average Bonchev–Trinajstić information content (AvgIpc) is 2.63. The molecule has 0 unspecified atom stereocenters. The molecule has 1 aliphatic heterocycles. The van der Waals surface area contributed by atoms with Gasteiger partial charge in [0.25, 0.3) is 0 Å². The van der Waals surface area contributed by atoms with Crippen molar-refractivity contribution in [2.45, 2.75) is 6.54 Å². The van der Waals surface area contributed by atoms with E-state index in [-0.39, 0.29) is 0 Å². The molecule has 1 saturated heterocycles. The number of halogens is 1. The van der Waals surface area contributed by atoms with Gasteiger partial charge < -0.3 is 9.30 Å². The van der Waals surface area contributed by atoms with Crippen LogP contribution in [0.1, 0.15) is 0 Å². The molecule has 4 nitrogen and oxygen atoms in total. The van der Waals surface area contributed by atoms with Gasteiger partial charge in [-0.15, -0.1) is 0 Å². The van der Waals surface area contributed by atoms with Crippen molar-refractivity contribution >= 4 is 22.6 Å². The summed E-state index contributed by atoms with van der Waals surface area (Å²) in [6.07, 6.45) is 3.96. The lowest BCUT2D eigenvalue weighted by atomic mass is 10.4. The predicted octanol–water partition coefficient (Wildman–Crippen LogP) is 0.820. The fraction of sp³-hybridized carbons (Fsp3) is 0.667. The molecule has 1 aromatic heterocycles. The van der Waals surface area contributed by atoms with Crippen LogP contribution in [0.4, 0.5) is 0 Å². The molecule has 0 amide bonds. The number of morpholine rings is 1. The summed E-state index contributed by atoms with van der Waals surface area (Å²) in [5, 5.41) is 0. The van der Waals surface area contributed by atoms with Gasteiger partial charge >= 0.3 is 0 Å².